The van der Waals surface area contributed by atoms with Gasteiger partial charge in [-0.05, 0) is 12.1 Å². The van der Waals surface area contributed by atoms with Gasteiger partial charge in [-0.2, -0.15) is 8.78 Å². The van der Waals surface area contributed by atoms with Gasteiger partial charge in [0.25, 0.3) is 0 Å². The molecule has 0 heterocycles. The highest BCUT2D eigenvalue weighted by Gasteiger charge is 2.43. The number of halogens is 3. The molecule has 0 bridgehead atoms. The number of aliphatic carboxylic acids is 1. The first-order valence-corrected chi connectivity index (χ1v) is 5.17. The van der Waals surface area contributed by atoms with Crippen LogP contribution >= 0.6 is 15.9 Å². The maximum Gasteiger partial charge on any atom is 0.379 e. The molecule has 0 amide bonds. The zero-order valence-electron chi connectivity index (χ0n) is 8.96. The van der Waals surface area contributed by atoms with Crippen molar-refractivity contribution in [1.82, 2.24) is 0 Å². The van der Waals surface area contributed by atoms with E-state index in [1.54, 1.807) is 0 Å². The summed E-state index contributed by atoms with van der Waals surface area (Å²) in [6, 6.07) is 2.15. The van der Waals surface area contributed by atoms with E-state index in [4.69, 9.17) is 14.6 Å². The van der Waals surface area contributed by atoms with Crippen LogP contribution in [-0.2, 0) is 10.7 Å². The van der Waals surface area contributed by atoms with E-state index in [0.29, 0.717) is 0 Å². The predicted molar refractivity (Wildman–Crippen MR) is 58.8 cm³/mol. The monoisotopic (exact) mass is 310 g/mol. The molecule has 1 N–H and O–H groups in total. The Morgan fingerprint density at radius 2 is 1.76 bits per heavy atom. The number of hydrogen-bond donors (Lipinski definition) is 1. The first-order chi connectivity index (χ1) is 7.84. The van der Waals surface area contributed by atoms with Crippen molar-refractivity contribution in [3.63, 3.8) is 0 Å². The first kappa shape index (κ1) is 13.7. The Labute approximate surface area is 104 Å². The van der Waals surface area contributed by atoms with Crippen molar-refractivity contribution in [2.75, 3.05) is 14.2 Å². The molecule has 4 nitrogen and oxygen atoms in total. The fourth-order valence-electron chi connectivity index (χ4n) is 1.21. The molecule has 17 heavy (non-hydrogen) atoms. The van der Waals surface area contributed by atoms with Crippen LogP contribution in [0, 0.1) is 0 Å². The van der Waals surface area contributed by atoms with Gasteiger partial charge in [0.15, 0.2) is 11.5 Å². The maximum absolute atomic E-state index is 13.4. The van der Waals surface area contributed by atoms with Gasteiger partial charge >= 0.3 is 11.9 Å². The highest BCUT2D eigenvalue weighted by atomic mass is 79.9. The smallest absolute Gasteiger partial charge is 0.379 e. The molecule has 0 aliphatic carbocycles. The van der Waals surface area contributed by atoms with Crippen molar-refractivity contribution in [2.24, 2.45) is 0 Å². The van der Waals surface area contributed by atoms with Gasteiger partial charge in [0, 0.05) is 4.47 Å². The molecule has 1 rings (SSSR count). The second-order valence-electron chi connectivity index (χ2n) is 3.07. The lowest BCUT2D eigenvalue weighted by Gasteiger charge is -2.16. The lowest BCUT2D eigenvalue weighted by atomic mass is 10.1. The van der Waals surface area contributed by atoms with Crippen LogP contribution in [0.5, 0.6) is 11.5 Å². The molecule has 1 aromatic carbocycles. The summed E-state index contributed by atoms with van der Waals surface area (Å²) in [4.78, 5) is 10.5. The molecular formula is C10H9BrF2O4. The number of carboxylic acid groups (broad SMARTS) is 1. The van der Waals surface area contributed by atoms with Crippen LogP contribution in [0.15, 0.2) is 16.6 Å². The Hall–Kier alpha value is -1.37. The minimum absolute atomic E-state index is 0.0339. The number of carboxylic acids is 1. The van der Waals surface area contributed by atoms with Gasteiger partial charge in [0.05, 0.1) is 19.8 Å². The Balaban J connectivity index is 3.41. The fourth-order valence-corrected chi connectivity index (χ4v) is 1.78. The molecule has 0 unspecified atom stereocenters. The Kier molecular flexibility index (Phi) is 3.92. The predicted octanol–water partition coefficient (Wildman–Crippen LogP) is 2.64. The summed E-state index contributed by atoms with van der Waals surface area (Å²) < 4.78 is 36.4. The Morgan fingerprint density at radius 1 is 1.29 bits per heavy atom. The largest absolute Gasteiger partial charge is 0.493 e. The zero-order valence-corrected chi connectivity index (χ0v) is 10.5. The summed E-state index contributed by atoms with van der Waals surface area (Å²) >= 11 is 2.88. The number of carbonyl (C=O) groups is 1. The third-order valence-electron chi connectivity index (χ3n) is 2.08. The SMILES string of the molecule is COc1cc(Br)c(C(F)(F)C(=O)O)cc1OC. The van der Waals surface area contributed by atoms with Crippen molar-refractivity contribution >= 4 is 21.9 Å². The van der Waals surface area contributed by atoms with Gasteiger partial charge in [-0.3, -0.25) is 0 Å². The van der Waals surface area contributed by atoms with E-state index in [9.17, 15) is 13.6 Å². The van der Waals surface area contributed by atoms with Crippen LogP contribution in [0.25, 0.3) is 0 Å². The molecule has 0 radical (unpaired) electrons. The summed E-state index contributed by atoms with van der Waals surface area (Å²) in [5.74, 6) is -5.97. The topological polar surface area (TPSA) is 55.8 Å². The van der Waals surface area contributed by atoms with Crippen molar-refractivity contribution in [2.45, 2.75) is 5.92 Å². The summed E-state index contributed by atoms with van der Waals surface area (Å²) in [7, 11) is 2.62. The first-order valence-electron chi connectivity index (χ1n) is 4.37. The second kappa shape index (κ2) is 4.87. The molecule has 7 heteroatoms. The number of ether oxygens (including phenoxy) is 2. The second-order valence-corrected chi connectivity index (χ2v) is 3.92. The van der Waals surface area contributed by atoms with E-state index in [1.165, 1.54) is 20.3 Å². The lowest BCUT2D eigenvalue weighted by molar-refractivity contribution is -0.166. The summed E-state index contributed by atoms with van der Waals surface area (Å²) in [6.45, 7) is 0. The van der Waals surface area contributed by atoms with E-state index >= 15 is 0 Å². The molecule has 0 aliphatic rings. The van der Waals surface area contributed by atoms with E-state index < -0.39 is 17.5 Å². The summed E-state index contributed by atoms with van der Waals surface area (Å²) in [6.07, 6.45) is 0. The minimum Gasteiger partial charge on any atom is -0.493 e. The van der Waals surface area contributed by atoms with Crippen molar-refractivity contribution < 1.29 is 28.2 Å². The van der Waals surface area contributed by atoms with E-state index in [1.807, 2.05) is 0 Å². The fraction of sp³-hybridized carbons (Fsp3) is 0.300. The molecule has 0 spiro atoms. The summed E-state index contributed by atoms with van der Waals surface area (Å²) in [5.41, 5.74) is -0.692. The average Bonchev–Trinajstić information content (AvgIpc) is 2.27. The number of methoxy groups -OCH3 is 2. The molecule has 0 atom stereocenters. The third-order valence-corrected chi connectivity index (χ3v) is 2.74. The highest BCUT2D eigenvalue weighted by Crippen LogP contribution is 2.40. The third kappa shape index (κ3) is 2.49. The molecule has 0 aliphatic heterocycles. The van der Waals surface area contributed by atoms with Gasteiger partial charge in [0.2, 0.25) is 0 Å². The maximum atomic E-state index is 13.4. The Bertz CT molecular complexity index is 448. The molecule has 1 aromatic rings. The van der Waals surface area contributed by atoms with Crippen molar-refractivity contribution in [1.29, 1.82) is 0 Å². The zero-order chi connectivity index (χ0) is 13.2. The molecule has 0 aromatic heterocycles. The van der Waals surface area contributed by atoms with Gasteiger partial charge in [-0.15, -0.1) is 0 Å². The van der Waals surface area contributed by atoms with Gasteiger partial charge in [-0.25, -0.2) is 4.79 Å². The number of rotatable bonds is 4. The lowest BCUT2D eigenvalue weighted by Crippen LogP contribution is -2.25. The minimum atomic E-state index is -4.00. The van der Waals surface area contributed by atoms with E-state index in [2.05, 4.69) is 15.9 Å². The Morgan fingerprint density at radius 3 is 2.18 bits per heavy atom. The van der Waals surface area contributed by atoms with E-state index in [-0.39, 0.29) is 16.0 Å². The average molecular weight is 311 g/mol. The van der Waals surface area contributed by atoms with E-state index in [0.717, 1.165) is 6.07 Å². The van der Waals surface area contributed by atoms with Crippen LogP contribution in [0.3, 0.4) is 0 Å². The molecule has 0 saturated heterocycles. The molecular weight excluding hydrogens is 302 g/mol. The van der Waals surface area contributed by atoms with Crippen molar-refractivity contribution in [3.8, 4) is 11.5 Å². The van der Waals surface area contributed by atoms with Crippen LogP contribution in [0.2, 0.25) is 0 Å². The highest BCUT2D eigenvalue weighted by molar-refractivity contribution is 9.10. The standard InChI is InChI=1S/C10H9BrF2O4/c1-16-7-3-5(10(12,13)9(14)15)6(11)4-8(7)17-2/h3-4H,1-2H3,(H,14,15). The molecule has 0 fully saturated rings. The van der Waals surface area contributed by atoms with Crippen LogP contribution in [0.1, 0.15) is 5.56 Å². The molecule has 94 valence electrons. The number of benzene rings is 1. The number of alkyl halides is 2. The normalized spacial score (nSPS) is 11.1. The van der Waals surface area contributed by atoms with Gasteiger partial charge in [0.1, 0.15) is 0 Å². The van der Waals surface area contributed by atoms with Crippen LogP contribution in [0.4, 0.5) is 8.78 Å². The van der Waals surface area contributed by atoms with Gasteiger partial charge < -0.3 is 14.6 Å². The quantitative estimate of drug-likeness (QED) is 0.929. The van der Waals surface area contributed by atoms with Crippen LogP contribution < -0.4 is 9.47 Å². The van der Waals surface area contributed by atoms with Crippen LogP contribution in [-0.4, -0.2) is 25.3 Å². The van der Waals surface area contributed by atoms with Crippen molar-refractivity contribution in [3.05, 3.63) is 22.2 Å². The number of hydrogen-bond acceptors (Lipinski definition) is 3. The summed E-state index contributed by atoms with van der Waals surface area (Å²) in [5, 5.41) is 8.47. The molecule has 0 saturated carbocycles. The van der Waals surface area contributed by atoms with Gasteiger partial charge in [-0.1, -0.05) is 15.9 Å².